The molecule has 0 fully saturated rings. The van der Waals surface area contributed by atoms with Crippen molar-refractivity contribution in [2.24, 2.45) is 4.99 Å². The summed E-state index contributed by atoms with van der Waals surface area (Å²) >= 11 is 2.51. The molecule has 5 heterocycles. The topological polar surface area (TPSA) is 118 Å². The summed E-state index contributed by atoms with van der Waals surface area (Å²) in [7, 11) is 0. The Balaban J connectivity index is 1.39. The van der Waals surface area contributed by atoms with Gasteiger partial charge in [-0.15, -0.1) is 0 Å². The number of benzene rings is 2. The molecule has 0 bridgehead atoms. The SMILES string of the molecule is CCOC(=O)C1=C(c2ccccc2)N=c2s/c(=C/c3ccc(Sc4nccc(C)n4)o3)c(=O)n2[C@@H]1c1ccc2c(c1)OCO2. The maximum Gasteiger partial charge on any atom is 0.338 e. The van der Waals surface area contributed by atoms with Gasteiger partial charge in [-0.05, 0) is 61.5 Å². The predicted molar refractivity (Wildman–Crippen MR) is 163 cm³/mol. The molecule has 2 aliphatic rings. The van der Waals surface area contributed by atoms with Crippen LogP contribution in [0, 0.1) is 6.92 Å². The second-order valence-corrected chi connectivity index (χ2v) is 11.8. The second kappa shape index (κ2) is 11.6. The lowest BCUT2D eigenvalue weighted by Crippen LogP contribution is -2.40. The average molecular weight is 625 g/mol. The third-order valence-electron chi connectivity index (χ3n) is 6.93. The van der Waals surface area contributed by atoms with Crippen molar-refractivity contribution in [3.63, 3.8) is 0 Å². The molecule has 0 aliphatic carbocycles. The summed E-state index contributed by atoms with van der Waals surface area (Å²) in [6.07, 6.45) is 3.37. The van der Waals surface area contributed by atoms with Gasteiger partial charge in [0.25, 0.3) is 5.56 Å². The fourth-order valence-corrected chi connectivity index (χ4v) is 6.74. The molecule has 5 aromatic rings. The highest BCUT2D eigenvalue weighted by molar-refractivity contribution is 7.99. The molecule has 0 saturated heterocycles. The van der Waals surface area contributed by atoms with Gasteiger partial charge in [0, 0.05) is 23.5 Å². The van der Waals surface area contributed by atoms with Gasteiger partial charge in [0.1, 0.15) is 5.76 Å². The Kier molecular flexibility index (Phi) is 7.36. The molecule has 3 aromatic heterocycles. The van der Waals surface area contributed by atoms with E-state index in [1.807, 2.05) is 49.4 Å². The van der Waals surface area contributed by atoms with Crippen molar-refractivity contribution >= 4 is 40.8 Å². The molecule has 7 rings (SSSR count). The van der Waals surface area contributed by atoms with Crippen molar-refractivity contribution in [2.75, 3.05) is 13.4 Å². The molecule has 12 heteroatoms. The maximum absolute atomic E-state index is 14.1. The van der Waals surface area contributed by atoms with Crippen LogP contribution in [0.2, 0.25) is 0 Å². The molecule has 220 valence electrons. The third-order valence-corrected chi connectivity index (χ3v) is 8.71. The number of esters is 1. The van der Waals surface area contributed by atoms with Gasteiger partial charge in [-0.3, -0.25) is 9.36 Å². The monoisotopic (exact) mass is 624 g/mol. The Bertz CT molecular complexity index is 2120. The van der Waals surface area contributed by atoms with Crippen molar-refractivity contribution in [3.8, 4) is 11.5 Å². The van der Waals surface area contributed by atoms with Crippen molar-refractivity contribution in [2.45, 2.75) is 30.1 Å². The van der Waals surface area contributed by atoms with Crippen molar-refractivity contribution in [1.29, 1.82) is 0 Å². The number of hydrogen-bond acceptors (Lipinski definition) is 11. The highest BCUT2D eigenvalue weighted by Crippen LogP contribution is 2.40. The largest absolute Gasteiger partial charge is 0.463 e. The summed E-state index contributed by atoms with van der Waals surface area (Å²) < 4.78 is 24.6. The fraction of sp³-hybridized carbons (Fsp3) is 0.156. The molecule has 2 aromatic carbocycles. The Morgan fingerprint density at radius 3 is 2.77 bits per heavy atom. The first-order valence-electron chi connectivity index (χ1n) is 13.7. The van der Waals surface area contributed by atoms with Crippen LogP contribution in [-0.2, 0) is 9.53 Å². The van der Waals surface area contributed by atoms with Crippen LogP contribution in [-0.4, -0.2) is 33.9 Å². The Hall–Kier alpha value is -4.94. The number of carbonyl (C=O) groups excluding carboxylic acids is 1. The van der Waals surface area contributed by atoms with Crippen LogP contribution in [0.5, 0.6) is 11.5 Å². The number of furan rings is 1. The summed E-state index contributed by atoms with van der Waals surface area (Å²) in [6.45, 7) is 3.89. The van der Waals surface area contributed by atoms with Gasteiger partial charge in [-0.25, -0.2) is 19.8 Å². The van der Waals surface area contributed by atoms with Crippen LogP contribution in [0.25, 0.3) is 11.8 Å². The molecule has 0 amide bonds. The minimum absolute atomic E-state index is 0.0941. The highest BCUT2D eigenvalue weighted by Gasteiger charge is 2.36. The van der Waals surface area contributed by atoms with E-state index in [1.165, 1.54) is 27.7 Å². The number of carbonyl (C=O) groups is 1. The van der Waals surface area contributed by atoms with Crippen LogP contribution in [0.4, 0.5) is 0 Å². The molecule has 0 unspecified atom stereocenters. The molecule has 0 spiro atoms. The highest BCUT2D eigenvalue weighted by atomic mass is 32.2. The van der Waals surface area contributed by atoms with E-state index in [0.29, 0.717) is 48.1 Å². The first-order valence-corrected chi connectivity index (χ1v) is 15.4. The van der Waals surface area contributed by atoms with Crippen molar-refractivity contribution in [1.82, 2.24) is 14.5 Å². The van der Waals surface area contributed by atoms with E-state index >= 15 is 0 Å². The maximum atomic E-state index is 14.1. The average Bonchev–Trinajstić information content (AvgIpc) is 3.76. The zero-order valence-electron chi connectivity index (χ0n) is 23.6. The first-order chi connectivity index (χ1) is 21.5. The summed E-state index contributed by atoms with van der Waals surface area (Å²) in [6, 6.07) is 19.4. The second-order valence-electron chi connectivity index (χ2n) is 9.78. The number of aryl methyl sites for hydroxylation is 1. The quantitative estimate of drug-likeness (QED) is 0.190. The van der Waals surface area contributed by atoms with Gasteiger partial charge in [-0.1, -0.05) is 47.7 Å². The number of nitrogens with zero attached hydrogens (tertiary/aromatic N) is 4. The molecular weight excluding hydrogens is 601 g/mol. The molecule has 1 atom stereocenters. The van der Waals surface area contributed by atoms with Gasteiger partial charge in [0.05, 0.1) is 28.5 Å². The molecule has 2 aliphatic heterocycles. The standard InChI is InChI=1S/C32H24N4O6S2/c1-3-39-30(38)26-27(19-7-5-4-6-8-19)35-32-36(28(26)20-9-11-22-23(15-20)41-17-40-22)29(37)24(43-32)16-21-10-12-25(42-21)44-31-33-14-13-18(2)34-31/h4-16,28H,3,17H2,1-2H3/b24-16+/t28-/m1/s1. The molecule has 0 saturated carbocycles. The Morgan fingerprint density at radius 1 is 1.11 bits per heavy atom. The third kappa shape index (κ3) is 5.22. The van der Waals surface area contributed by atoms with Crippen LogP contribution < -0.4 is 24.4 Å². The lowest BCUT2D eigenvalue weighted by molar-refractivity contribution is -0.138. The van der Waals surface area contributed by atoms with E-state index in [4.69, 9.17) is 23.6 Å². The van der Waals surface area contributed by atoms with Crippen LogP contribution in [0.15, 0.2) is 103 Å². The van der Waals surface area contributed by atoms with Gasteiger partial charge in [0.2, 0.25) is 6.79 Å². The molecule has 10 nitrogen and oxygen atoms in total. The van der Waals surface area contributed by atoms with E-state index in [2.05, 4.69) is 9.97 Å². The molecular formula is C32H24N4O6S2. The number of hydrogen-bond donors (Lipinski definition) is 0. The summed E-state index contributed by atoms with van der Waals surface area (Å²) in [5.74, 6) is 1.05. The minimum atomic E-state index is -0.835. The normalized spacial score (nSPS) is 15.7. The van der Waals surface area contributed by atoms with Gasteiger partial charge in [0.15, 0.2) is 26.5 Å². The number of rotatable bonds is 7. The summed E-state index contributed by atoms with van der Waals surface area (Å²) in [5.41, 5.74) is 2.61. The summed E-state index contributed by atoms with van der Waals surface area (Å²) in [4.78, 5) is 41.8. The number of thiazole rings is 1. The number of fused-ring (bicyclic) bond motifs is 2. The van der Waals surface area contributed by atoms with Gasteiger partial charge >= 0.3 is 5.97 Å². The number of aromatic nitrogens is 3. The lowest BCUT2D eigenvalue weighted by Gasteiger charge is -2.26. The predicted octanol–water partition coefficient (Wildman–Crippen LogP) is 4.51. The molecule has 44 heavy (non-hydrogen) atoms. The van der Waals surface area contributed by atoms with E-state index in [0.717, 1.165) is 11.3 Å². The van der Waals surface area contributed by atoms with Crippen molar-refractivity contribution in [3.05, 3.63) is 121 Å². The van der Waals surface area contributed by atoms with Crippen LogP contribution in [0.1, 0.15) is 35.5 Å². The van der Waals surface area contributed by atoms with Gasteiger partial charge in [-0.2, -0.15) is 0 Å². The smallest absolute Gasteiger partial charge is 0.338 e. The van der Waals surface area contributed by atoms with E-state index in [1.54, 1.807) is 43.5 Å². The van der Waals surface area contributed by atoms with E-state index in [-0.39, 0.29) is 24.5 Å². The molecule has 0 N–H and O–H groups in total. The van der Waals surface area contributed by atoms with Gasteiger partial charge < -0.3 is 18.6 Å². The zero-order valence-corrected chi connectivity index (χ0v) is 25.2. The molecule has 0 radical (unpaired) electrons. The van der Waals surface area contributed by atoms with Crippen LogP contribution in [0.3, 0.4) is 0 Å². The summed E-state index contributed by atoms with van der Waals surface area (Å²) in [5, 5.41) is 1.15. The Morgan fingerprint density at radius 2 is 1.95 bits per heavy atom. The lowest BCUT2D eigenvalue weighted by atomic mass is 9.93. The fourth-order valence-electron chi connectivity index (χ4n) is 5.00. The van der Waals surface area contributed by atoms with Crippen LogP contribution >= 0.6 is 23.1 Å². The minimum Gasteiger partial charge on any atom is -0.463 e. The van der Waals surface area contributed by atoms with Crippen molar-refractivity contribution < 1.29 is 23.4 Å². The first kappa shape index (κ1) is 27.9. The van der Waals surface area contributed by atoms with E-state index < -0.39 is 12.0 Å². The van der Waals surface area contributed by atoms with E-state index in [9.17, 15) is 9.59 Å². The zero-order chi connectivity index (χ0) is 30.2. The number of ether oxygens (including phenoxy) is 3. The Labute approximate surface area is 259 Å².